The van der Waals surface area contributed by atoms with E-state index in [2.05, 4.69) is 25.3 Å². The van der Waals surface area contributed by atoms with E-state index in [1.807, 2.05) is 6.92 Å². The van der Waals surface area contributed by atoms with Crippen molar-refractivity contribution >= 4 is 17.1 Å². The van der Waals surface area contributed by atoms with E-state index in [1.165, 1.54) is 0 Å². The number of fused-ring (bicyclic) bond motifs is 1. The predicted octanol–water partition coefficient (Wildman–Crippen LogP) is 0.536. The minimum absolute atomic E-state index is 0.0126. The van der Waals surface area contributed by atoms with Crippen LogP contribution in [0.5, 0.6) is 0 Å². The molecule has 0 saturated heterocycles. The Labute approximate surface area is 86.8 Å². The summed E-state index contributed by atoms with van der Waals surface area (Å²) < 4.78 is 0. The van der Waals surface area contributed by atoms with Crippen molar-refractivity contribution in [2.45, 2.75) is 19.4 Å². The monoisotopic (exact) mass is 207 g/mol. The van der Waals surface area contributed by atoms with Crippen molar-refractivity contribution in [3.05, 3.63) is 12.5 Å². The van der Waals surface area contributed by atoms with E-state index in [-0.39, 0.29) is 12.6 Å². The molecule has 6 heteroatoms. The van der Waals surface area contributed by atoms with Crippen LogP contribution in [0.3, 0.4) is 0 Å². The van der Waals surface area contributed by atoms with Crippen molar-refractivity contribution in [2.24, 2.45) is 0 Å². The highest BCUT2D eigenvalue weighted by atomic mass is 16.3. The number of aliphatic hydroxyl groups excluding tert-OH is 1. The molecule has 2 heterocycles. The lowest BCUT2D eigenvalue weighted by Crippen LogP contribution is -2.23. The smallest absolute Gasteiger partial charge is 0.225 e. The number of anilines is 1. The van der Waals surface area contributed by atoms with Gasteiger partial charge in [0.15, 0.2) is 5.65 Å². The Kier molecular flexibility index (Phi) is 2.77. The second-order valence-electron chi connectivity index (χ2n) is 3.27. The fourth-order valence-corrected chi connectivity index (χ4v) is 1.26. The number of H-pyrrole nitrogens is 1. The molecule has 0 aliphatic heterocycles. The van der Waals surface area contributed by atoms with Crippen LogP contribution in [0.15, 0.2) is 12.5 Å². The van der Waals surface area contributed by atoms with Gasteiger partial charge in [-0.1, -0.05) is 6.92 Å². The highest BCUT2D eigenvalue weighted by Crippen LogP contribution is 2.08. The van der Waals surface area contributed by atoms with E-state index < -0.39 is 0 Å². The second kappa shape index (κ2) is 4.22. The first-order chi connectivity index (χ1) is 7.33. The van der Waals surface area contributed by atoms with E-state index in [0.29, 0.717) is 11.6 Å². The second-order valence-corrected chi connectivity index (χ2v) is 3.27. The number of rotatable bonds is 4. The fourth-order valence-electron chi connectivity index (χ4n) is 1.26. The van der Waals surface area contributed by atoms with Crippen molar-refractivity contribution in [3.63, 3.8) is 0 Å². The molecule has 0 aliphatic carbocycles. The molecule has 0 radical (unpaired) electrons. The van der Waals surface area contributed by atoms with Crippen molar-refractivity contribution in [2.75, 3.05) is 11.9 Å². The molecule has 2 aromatic rings. The van der Waals surface area contributed by atoms with Crippen LogP contribution in [0.2, 0.25) is 0 Å². The number of hydrogen-bond acceptors (Lipinski definition) is 5. The van der Waals surface area contributed by atoms with E-state index in [1.54, 1.807) is 12.5 Å². The number of nitrogens with zero attached hydrogens (tertiary/aromatic N) is 3. The zero-order chi connectivity index (χ0) is 10.7. The number of aromatic nitrogens is 4. The predicted molar refractivity (Wildman–Crippen MR) is 56.5 cm³/mol. The number of aliphatic hydroxyl groups is 1. The minimum Gasteiger partial charge on any atom is -0.394 e. The van der Waals surface area contributed by atoms with E-state index in [4.69, 9.17) is 5.11 Å². The highest BCUT2D eigenvalue weighted by Gasteiger charge is 2.07. The Morgan fingerprint density at radius 2 is 2.40 bits per heavy atom. The van der Waals surface area contributed by atoms with Crippen LogP contribution >= 0.6 is 0 Å². The lowest BCUT2D eigenvalue weighted by Gasteiger charge is -2.12. The summed E-state index contributed by atoms with van der Waals surface area (Å²) in [6.07, 6.45) is 4.06. The van der Waals surface area contributed by atoms with Gasteiger partial charge in [0.2, 0.25) is 5.95 Å². The molecule has 0 aromatic carbocycles. The maximum Gasteiger partial charge on any atom is 0.225 e. The number of imidazole rings is 1. The molecular weight excluding hydrogens is 194 g/mol. The van der Waals surface area contributed by atoms with Gasteiger partial charge in [0.25, 0.3) is 0 Å². The van der Waals surface area contributed by atoms with Crippen LogP contribution in [0.1, 0.15) is 13.3 Å². The quantitative estimate of drug-likeness (QED) is 0.681. The van der Waals surface area contributed by atoms with Crippen molar-refractivity contribution in [1.82, 2.24) is 19.9 Å². The van der Waals surface area contributed by atoms with Crippen LogP contribution in [0.4, 0.5) is 5.95 Å². The maximum absolute atomic E-state index is 9.02. The molecule has 0 bridgehead atoms. The molecule has 2 aromatic heterocycles. The van der Waals surface area contributed by atoms with Gasteiger partial charge in [-0.2, -0.15) is 4.98 Å². The number of hydrogen-bond donors (Lipinski definition) is 3. The van der Waals surface area contributed by atoms with Crippen LogP contribution in [0, 0.1) is 0 Å². The van der Waals surface area contributed by atoms with Gasteiger partial charge in [-0.3, -0.25) is 0 Å². The van der Waals surface area contributed by atoms with Crippen molar-refractivity contribution in [1.29, 1.82) is 0 Å². The third-order valence-corrected chi connectivity index (χ3v) is 2.22. The molecular formula is C9H13N5O. The molecule has 0 aliphatic rings. The zero-order valence-electron chi connectivity index (χ0n) is 8.44. The molecule has 15 heavy (non-hydrogen) atoms. The van der Waals surface area contributed by atoms with Gasteiger partial charge in [0.1, 0.15) is 5.52 Å². The molecule has 2 rings (SSSR count). The molecule has 0 fully saturated rings. The molecule has 6 nitrogen and oxygen atoms in total. The molecule has 0 amide bonds. The van der Waals surface area contributed by atoms with Crippen LogP contribution in [0.25, 0.3) is 11.2 Å². The Hall–Kier alpha value is -1.69. The van der Waals surface area contributed by atoms with Gasteiger partial charge in [0, 0.05) is 0 Å². The largest absolute Gasteiger partial charge is 0.394 e. The topological polar surface area (TPSA) is 86.7 Å². The summed E-state index contributed by atoms with van der Waals surface area (Å²) in [5.41, 5.74) is 1.43. The van der Waals surface area contributed by atoms with Crippen molar-refractivity contribution in [3.8, 4) is 0 Å². The summed E-state index contributed by atoms with van der Waals surface area (Å²) in [6, 6.07) is -0.0126. The van der Waals surface area contributed by atoms with Crippen LogP contribution in [-0.2, 0) is 0 Å². The molecule has 0 spiro atoms. The summed E-state index contributed by atoms with van der Waals surface area (Å²) in [5, 5.41) is 12.1. The Morgan fingerprint density at radius 3 is 3.13 bits per heavy atom. The lowest BCUT2D eigenvalue weighted by atomic mass is 10.2. The lowest BCUT2D eigenvalue weighted by molar-refractivity contribution is 0.271. The summed E-state index contributed by atoms with van der Waals surface area (Å²) in [4.78, 5) is 15.2. The molecule has 80 valence electrons. The Balaban J connectivity index is 2.20. The fraction of sp³-hybridized carbons (Fsp3) is 0.444. The maximum atomic E-state index is 9.02. The SMILES string of the molecule is CCC(CO)Nc1ncc2[nH]cnc2n1. The summed E-state index contributed by atoms with van der Waals surface area (Å²) in [5.74, 6) is 0.496. The molecule has 1 atom stereocenters. The first-order valence-corrected chi connectivity index (χ1v) is 4.87. The van der Waals surface area contributed by atoms with Gasteiger partial charge < -0.3 is 15.4 Å². The number of nitrogens with one attached hydrogen (secondary N) is 2. The summed E-state index contributed by atoms with van der Waals surface area (Å²) >= 11 is 0. The minimum atomic E-state index is -0.0126. The average Bonchev–Trinajstić information content (AvgIpc) is 2.73. The van der Waals surface area contributed by atoms with Crippen molar-refractivity contribution < 1.29 is 5.11 Å². The first kappa shape index (κ1) is 9.85. The van der Waals surface area contributed by atoms with E-state index in [9.17, 15) is 0 Å². The van der Waals surface area contributed by atoms with Crippen LogP contribution in [-0.4, -0.2) is 37.7 Å². The Bertz CT molecular complexity index is 437. The van der Waals surface area contributed by atoms with Gasteiger partial charge in [-0.25, -0.2) is 9.97 Å². The number of aromatic amines is 1. The molecule has 1 unspecified atom stereocenters. The van der Waals surface area contributed by atoms with Gasteiger partial charge in [-0.05, 0) is 6.42 Å². The van der Waals surface area contributed by atoms with Crippen LogP contribution < -0.4 is 5.32 Å². The Morgan fingerprint density at radius 1 is 1.53 bits per heavy atom. The molecule has 0 saturated carbocycles. The summed E-state index contributed by atoms with van der Waals surface area (Å²) in [7, 11) is 0. The molecule has 3 N–H and O–H groups in total. The standard InChI is InChI=1S/C9H13N5O/c1-2-6(4-15)13-9-10-3-7-8(14-9)12-5-11-7/h3,5-6,15H,2,4H2,1H3,(H2,10,11,12,13,14). The van der Waals surface area contributed by atoms with Gasteiger partial charge in [0.05, 0.1) is 25.2 Å². The highest BCUT2D eigenvalue weighted by molar-refractivity contribution is 5.69. The van der Waals surface area contributed by atoms with E-state index >= 15 is 0 Å². The third kappa shape index (κ3) is 2.04. The zero-order valence-corrected chi connectivity index (χ0v) is 8.44. The normalized spacial score (nSPS) is 12.9. The van der Waals surface area contributed by atoms with Gasteiger partial charge in [-0.15, -0.1) is 0 Å². The summed E-state index contributed by atoms with van der Waals surface area (Å²) in [6.45, 7) is 2.05. The van der Waals surface area contributed by atoms with Gasteiger partial charge >= 0.3 is 0 Å². The average molecular weight is 207 g/mol. The first-order valence-electron chi connectivity index (χ1n) is 4.87. The van der Waals surface area contributed by atoms with E-state index in [0.717, 1.165) is 11.9 Å². The third-order valence-electron chi connectivity index (χ3n) is 2.22.